The molecule has 0 spiro atoms. The number of aliphatic hydroxyl groups excluding tert-OH is 1. The van der Waals surface area contributed by atoms with Crippen LogP contribution < -0.4 is 0 Å². The first-order valence-corrected chi connectivity index (χ1v) is 9.95. The van der Waals surface area contributed by atoms with Gasteiger partial charge in [-0.15, -0.1) is 11.3 Å². The monoisotopic (exact) mass is 419 g/mol. The highest BCUT2D eigenvalue weighted by atomic mass is 32.1. The minimum absolute atomic E-state index is 0.112. The Morgan fingerprint density at radius 2 is 2.14 bits per heavy atom. The molecule has 154 valence electrons. The number of aromatic nitrogens is 2. The Morgan fingerprint density at radius 1 is 1.38 bits per heavy atom. The molecule has 1 aromatic carbocycles. The Balaban J connectivity index is 1.93. The first-order chi connectivity index (χ1) is 13.8. The summed E-state index contributed by atoms with van der Waals surface area (Å²) in [6, 6.07) is 4.08. The van der Waals surface area contributed by atoms with Gasteiger partial charge in [-0.05, 0) is 38.7 Å². The van der Waals surface area contributed by atoms with Gasteiger partial charge in [-0.2, -0.15) is 0 Å². The lowest BCUT2D eigenvalue weighted by molar-refractivity contribution is -0.147. The van der Waals surface area contributed by atoms with Crippen molar-refractivity contribution in [2.24, 2.45) is 0 Å². The van der Waals surface area contributed by atoms with Crippen molar-refractivity contribution in [3.8, 4) is 0 Å². The van der Waals surface area contributed by atoms with Crippen LogP contribution in [-0.2, 0) is 16.3 Å². The minimum atomic E-state index is -0.723. The largest absolute Gasteiger partial charge is 0.443 e. The van der Waals surface area contributed by atoms with Crippen LogP contribution in [0.3, 0.4) is 0 Å². The van der Waals surface area contributed by atoms with E-state index in [4.69, 9.17) is 4.74 Å². The van der Waals surface area contributed by atoms with Crippen molar-refractivity contribution < 1.29 is 23.8 Å². The molecule has 0 aliphatic carbocycles. The SMILES string of the molecule is CC[C@@H](O)c1csc(C(=O)c2cn(COC(=O)CN(C)C)c3cc(F)ccc23)n1. The molecule has 0 radical (unpaired) electrons. The predicted molar refractivity (Wildman–Crippen MR) is 107 cm³/mol. The number of nitrogens with zero attached hydrogens (tertiary/aromatic N) is 3. The summed E-state index contributed by atoms with van der Waals surface area (Å²) in [6.45, 7) is 1.80. The number of ether oxygens (including phenoxy) is 1. The van der Waals surface area contributed by atoms with Gasteiger partial charge in [-0.1, -0.05) is 6.92 Å². The number of fused-ring (bicyclic) bond motifs is 1. The second-order valence-corrected chi connectivity index (χ2v) is 7.75. The van der Waals surface area contributed by atoms with E-state index in [-0.39, 0.29) is 24.1 Å². The van der Waals surface area contributed by atoms with E-state index in [2.05, 4.69) is 4.98 Å². The number of benzene rings is 1. The molecule has 0 saturated carbocycles. The topological polar surface area (TPSA) is 84.7 Å². The van der Waals surface area contributed by atoms with Crippen molar-refractivity contribution >= 4 is 34.0 Å². The van der Waals surface area contributed by atoms with Crippen molar-refractivity contribution in [3.63, 3.8) is 0 Å². The van der Waals surface area contributed by atoms with Gasteiger partial charge in [0, 0.05) is 17.0 Å². The molecule has 29 heavy (non-hydrogen) atoms. The van der Waals surface area contributed by atoms with Gasteiger partial charge in [0.25, 0.3) is 0 Å². The van der Waals surface area contributed by atoms with E-state index in [1.807, 2.05) is 6.92 Å². The molecule has 2 aromatic heterocycles. The molecule has 9 heteroatoms. The molecule has 7 nitrogen and oxygen atoms in total. The van der Waals surface area contributed by atoms with Gasteiger partial charge in [0.05, 0.1) is 29.4 Å². The average Bonchev–Trinajstić information content (AvgIpc) is 3.30. The van der Waals surface area contributed by atoms with Crippen molar-refractivity contribution in [3.05, 3.63) is 51.9 Å². The van der Waals surface area contributed by atoms with Gasteiger partial charge >= 0.3 is 5.97 Å². The van der Waals surface area contributed by atoms with E-state index in [1.165, 1.54) is 29.0 Å². The highest BCUT2D eigenvalue weighted by molar-refractivity contribution is 7.12. The zero-order valence-electron chi connectivity index (χ0n) is 16.4. The first kappa shape index (κ1) is 21.1. The number of thiazole rings is 1. The molecule has 0 unspecified atom stereocenters. The molecule has 0 saturated heterocycles. The number of rotatable bonds is 8. The number of carbonyl (C=O) groups is 2. The molecule has 3 aromatic rings. The van der Waals surface area contributed by atoms with Gasteiger partial charge in [-0.3, -0.25) is 14.5 Å². The van der Waals surface area contributed by atoms with E-state index in [0.717, 1.165) is 11.3 Å². The summed E-state index contributed by atoms with van der Waals surface area (Å²) in [7, 11) is 3.49. The van der Waals surface area contributed by atoms with Crippen LogP contribution in [0, 0.1) is 5.82 Å². The maximum absolute atomic E-state index is 13.8. The molecule has 1 atom stereocenters. The molecule has 0 fully saturated rings. The second kappa shape index (κ2) is 8.81. The van der Waals surface area contributed by atoms with Gasteiger partial charge in [0.1, 0.15) is 5.82 Å². The highest BCUT2D eigenvalue weighted by Gasteiger charge is 2.21. The van der Waals surface area contributed by atoms with Crippen molar-refractivity contribution in [1.82, 2.24) is 14.5 Å². The number of hydrogen-bond acceptors (Lipinski definition) is 7. The lowest BCUT2D eigenvalue weighted by Crippen LogP contribution is -2.24. The quantitative estimate of drug-likeness (QED) is 0.446. The van der Waals surface area contributed by atoms with Gasteiger partial charge in [0.2, 0.25) is 5.78 Å². The van der Waals surface area contributed by atoms with E-state index < -0.39 is 17.9 Å². The van der Waals surface area contributed by atoms with E-state index in [0.29, 0.717) is 28.6 Å². The summed E-state index contributed by atoms with van der Waals surface area (Å²) in [5, 5.41) is 12.3. The summed E-state index contributed by atoms with van der Waals surface area (Å²) in [6.07, 6.45) is 1.31. The number of carbonyl (C=O) groups excluding carboxylic acids is 2. The Labute approximate surface area is 171 Å². The number of halogens is 1. The maximum atomic E-state index is 13.8. The Bertz CT molecular complexity index is 1040. The highest BCUT2D eigenvalue weighted by Crippen LogP contribution is 2.27. The second-order valence-electron chi connectivity index (χ2n) is 6.89. The van der Waals surface area contributed by atoms with Crippen LogP contribution in [0.5, 0.6) is 0 Å². The fraction of sp³-hybridized carbons (Fsp3) is 0.350. The molecule has 1 N–H and O–H groups in total. The zero-order valence-corrected chi connectivity index (χ0v) is 17.2. The van der Waals surface area contributed by atoms with Crippen molar-refractivity contribution in [2.45, 2.75) is 26.2 Å². The summed E-state index contributed by atoms with van der Waals surface area (Å²) in [5.41, 5.74) is 1.22. The average molecular weight is 419 g/mol. The lowest BCUT2D eigenvalue weighted by atomic mass is 10.1. The van der Waals surface area contributed by atoms with Gasteiger partial charge in [0.15, 0.2) is 11.7 Å². The van der Waals surface area contributed by atoms with Gasteiger partial charge in [-0.25, -0.2) is 9.37 Å². The fourth-order valence-electron chi connectivity index (χ4n) is 2.87. The fourth-order valence-corrected chi connectivity index (χ4v) is 3.68. The first-order valence-electron chi connectivity index (χ1n) is 9.07. The Kier molecular flexibility index (Phi) is 6.41. The summed E-state index contributed by atoms with van der Waals surface area (Å²) < 4.78 is 20.6. The third-order valence-electron chi connectivity index (χ3n) is 4.34. The van der Waals surface area contributed by atoms with Crippen LogP contribution >= 0.6 is 11.3 Å². The van der Waals surface area contributed by atoms with Crippen molar-refractivity contribution in [1.29, 1.82) is 0 Å². The summed E-state index contributed by atoms with van der Waals surface area (Å²) in [5.74, 6) is -1.23. The number of aliphatic hydroxyl groups is 1. The molecule has 0 aliphatic heterocycles. The van der Waals surface area contributed by atoms with Crippen LogP contribution in [-0.4, -0.2) is 52.0 Å². The lowest BCUT2D eigenvalue weighted by Gasteiger charge is -2.10. The van der Waals surface area contributed by atoms with Crippen molar-refractivity contribution in [2.75, 3.05) is 20.6 Å². The Hall–Kier alpha value is -2.62. The number of likely N-dealkylation sites (N-methyl/N-ethyl adjacent to an activating group) is 1. The summed E-state index contributed by atoms with van der Waals surface area (Å²) in [4.78, 5) is 30.8. The standard InChI is InChI=1S/C20H22FN3O4S/c1-4-17(25)15-10-29-20(22-15)19(27)14-8-24(11-28-18(26)9-23(2)3)16-7-12(21)5-6-13(14)16/h5-8,10,17,25H,4,9,11H2,1-3H3/t17-/m1/s1. The number of esters is 1. The van der Waals surface area contributed by atoms with E-state index >= 15 is 0 Å². The van der Waals surface area contributed by atoms with E-state index in [1.54, 1.807) is 24.4 Å². The maximum Gasteiger partial charge on any atom is 0.321 e. The predicted octanol–water partition coefficient (Wildman–Crippen LogP) is 2.97. The third-order valence-corrected chi connectivity index (χ3v) is 5.20. The molecule has 0 aliphatic rings. The van der Waals surface area contributed by atoms with Crippen LogP contribution in [0.25, 0.3) is 10.9 Å². The van der Waals surface area contributed by atoms with Crippen LogP contribution in [0.4, 0.5) is 4.39 Å². The molecular weight excluding hydrogens is 397 g/mol. The third kappa shape index (κ3) is 4.69. The molecular formula is C20H22FN3O4S. The van der Waals surface area contributed by atoms with Crippen LogP contribution in [0.2, 0.25) is 0 Å². The van der Waals surface area contributed by atoms with E-state index in [9.17, 15) is 19.1 Å². The molecule has 3 rings (SSSR count). The number of hydrogen-bond donors (Lipinski definition) is 1. The zero-order chi connectivity index (χ0) is 21.1. The molecule has 0 bridgehead atoms. The van der Waals surface area contributed by atoms with Gasteiger partial charge < -0.3 is 14.4 Å². The smallest absolute Gasteiger partial charge is 0.321 e. The normalized spacial score (nSPS) is 12.5. The minimum Gasteiger partial charge on any atom is -0.443 e. The number of ketones is 1. The Morgan fingerprint density at radius 3 is 2.83 bits per heavy atom. The van der Waals surface area contributed by atoms with Crippen LogP contribution in [0.15, 0.2) is 29.8 Å². The summed E-state index contributed by atoms with van der Waals surface area (Å²) >= 11 is 1.15. The molecule has 0 amide bonds. The molecule has 2 heterocycles. The van der Waals surface area contributed by atoms with Crippen LogP contribution in [0.1, 0.15) is 40.5 Å².